The fraction of sp³-hybridized carbons (Fsp3) is 0.625. The number of aromatic nitrogens is 1. The van der Waals surface area contributed by atoms with Crippen molar-refractivity contribution in [1.29, 1.82) is 0 Å². The van der Waals surface area contributed by atoms with E-state index in [2.05, 4.69) is 16.9 Å². The van der Waals surface area contributed by atoms with Gasteiger partial charge in [-0.3, -0.25) is 4.90 Å². The SMILES string of the molecule is CN1CCC(N)C1c1ncc(Cl)s1. The fourth-order valence-corrected chi connectivity index (χ4v) is 2.92. The average molecular weight is 218 g/mol. The summed E-state index contributed by atoms with van der Waals surface area (Å²) in [5.74, 6) is 0. The largest absolute Gasteiger partial charge is 0.326 e. The Labute approximate surface area is 86.5 Å². The van der Waals surface area contributed by atoms with Crippen molar-refractivity contribution in [3.63, 3.8) is 0 Å². The van der Waals surface area contributed by atoms with Gasteiger partial charge >= 0.3 is 0 Å². The third-order valence-corrected chi connectivity index (χ3v) is 3.63. The van der Waals surface area contributed by atoms with Crippen LogP contribution in [0.3, 0.4) is 0 Å². The van der Waals surface area contributed by atoms with Crippen molar-refractivity contribution in [1.82, 2.24) is 9.88 Å². The zero-order valence-corrected chi connectivity index (χ0v) is 8.98. The van der Waals surface area contributed by atoms with Crippen LogP contribution in [0, 0.1) is 0 Å². The van der Waals surface area contributed by atoms with E-state index in [1.54, 1.807) is 6.20 Å². The molecule has 13 heavy (non-hydrogen) atoms. The molecule has 2 heterocycles. The summed E-state index contributed by atoms with van der Waals surface area (Å²) in [5.41, 5.74) is 5.99. The number of likely N-dealkylation sites (tertiary alicyclic amines) is 1. The van der Waals surface area contributed by atoms with E-state index in [0.717, 1.165) is 22.3 Å². The van der Waals surface area contributed by atoms with Gasteiger partial charge in [0, 0.05) is 12.6 Å². The lowest BCUT2D eigenvalue weighted by Crippen LogP contribution is -2.29. The van der Waals surface area contributed by atoms with Crippen LogP contribution < -0.4 is 5.73 Å². The molecule has 3 nitrogen and oxygen atoms in total. The zero-order chi connectivity index (χ0) is 9.42. The number of halogens is 1. The molecule has 1 fully saturated rings. The molecular formula is C8H12ClN3S. The van der Waals surface area contributed by atoms with Gasteiger partial charge in [-0.15, -0.1) is 11.3 Å². The lowest BCUT2D eigenvalue weighted by atomic mass is 10.1. The van der Waals surface area contributed by atoms with Crippen LogP contribution in [0.5, 0.6) is 0 Å². The lowest BCUT2D eigenvalue weighted by molar-refractivity contribution is 0.303. The van der Waals surface area contributed by atoms with Crippen molar-refractivity contribution in [3.8, 4) is 0 Å². The highest BCUT2D eigenvalue weighted by atomic mass is 35.5. The van der Waals surface area contributed by atoms with Gasteiger partial charge in [0.2, 0.25) is 0 Å². The van der Waals surface area contributed by atoms with E-state index in [9.17, 15) is 0 Å². The first-order valence-corrected chi connectivity index (χ1v) is 5.45. The quantitative estimate of drug-likeness (QED) is 0.776. The van der Waals surface area contributed by atoms with Crippen LogP contribution in [0.15, 0.2) is 6.20 Å². The summed E-state index contributed by atoms with van der Waals surface area (Å²) in [4.78, 5) is 6.50. The van der Waals surface area contributed by atoms with E-state index in [1.165, 1.54) is 11.3 Å². The second-order valence-electron chi connectivity index (χ2n) is 3.38. The molecule has 1 aliphatic heterocycles. The van der Waals surface area contributed by atoms with E-state index in [1.807, 2.05) is 0 Å². The van der Waals surface area contributed by atoms with Crippen LogP contribution >= 0.6 is 22.9 Å². The lowest BCUT2D eigenvalue weighted by Gasteiger charge is -2.19. The molecule has 0 radical (unpaired) electrons. The molecule has 0 aliphatic carbocycles. The zero-order valence-electron chi connectivity index (χ0n) is 7.40. The van der Waals surface area contributed by atoms with Crippen molar-refractivity contribution in [2.24, 2.45) is 5.73 Å². The molecule has 1 aliphatic rings. The summed E-state index contributed by atoms with van der Waals surface area (Å²) in [6.07, 6.45) is 2.73. The molecule has 2 atom stereocenters. The van der Waals surface area contributed by atoms with Gasteiger partial charge in [0.15, 0.2) is 0 Å². The molecule has 5 heteroatoms. The van der Waals surface area contributed by atoms with Gasteiger partial charge in [-0.05, 0) is 13.5 Å². The van der Waals surface area contributed by atoms with Crippen molar-refractivity contribution < 1.29 is 0 Å². The van der Waals surface area contributed by atoms with Crippen molar-refractivity contribution in [2.75, 3.05) is 13.6 Å². The van der Waals surface area contributed by atoms with E-state index in [4.69, 9.17) is 17.3 Å². The second kappa shape index (κ2) is 3.53. The third kappa shape index (κ3) is 1.72. The van der Waals surface area contributed by atoms with Crippen LogP contribution in [0.4, 0.5) is 0 Å². The third-order valence-electron chi connectivity index (χ3n) is 2.44. The average Bonchev–Trinajstić information content (AvgIpc) is 2.60. The number of nitrogens with zero attached hydrogens (tertiary/aromatic N) is 2. The monoisotopic (exact) mass is 217 g/mol. The molecule has 0 saturated carbocycles. The molecule has 1 aromatic heterocycles. The maximum Gasteiger partial charge on any atom is 0.113 e. The van der Waals surface area contributed by atoms with Gasteiger partial charge in [0.05, 0.1) is 12.2 Å². The summed E-state index contributed by atoms with van der Waals surface area (Å²) < 4.78 is 0.738. The first kappa shape index (κ1) is 9.40. The highest BCUT2D eigenvalue weighted by Crippen LogP contribution is 2.33. The van der Waals surface area contributed by atoms with Crippen LogP contribution in [0.25, 0.3) is 0 Å². The predicted octanol–water partition coefficient (Wildman–Crippen LogP) is 1.50. The first-order valence-electron chi connectivity index (χ1n) is 4.25. The van der Waals surface area contributed by atoms with Gasteiger partial charge in [-0.2, -0.15) is 0 Å². The van der Waals surface area contributed by atoms with E-state index in [-0.39, 0.29) is 12.1 Å². The highest BCUT2D eigenvalue weighted by Gasteiger charge is 2.32. The smallest absolute Gasteiger partial charge is 0.113 e. The molecule has 2 unspecified atom stereocenters. The summed E-state index contributed by atoms with van der Waals surface area (Å²) in [6, 6.07) is 0.463. The van der Waals surface area contributed by atoms with Gasteiger partial charge in [-0.25, -0.2) is 4.98 Å². The molecule has 72 valence electrons. The van der Waals surface area contributed by atoms with Crippen molar-refractivity contribution in [2.45, 2.75) is 18.5 Å². The Kier molecular flexibility index (Phi) is 2.55. The molecule has 1 aromatic rings. The Hall–Kier alpha value is -0.160. The predicted molar refractivity (Wildman–Crippen MR) is 55.1 cm³/mol. The standard InChI is InChI=1S/C8H12ClN3S/c1-12-3-2-5(10)7(12)8-11-4-6(9)13-8/h4-5,7H,2-3,10H2,1H3. The molecule has 0 spiro atoms. The summed E-state index contributed by atoms with van der Waals surface area (Å²) in [7, 11) is 2.08. The molecular weight excluding hydrogens is 206 g/mol. The maximum absolute atomic E-state index is 5.99. The highest BCUT2D eigenvalue weighted by molar-refractivity contribution is 7.15. The number of hydrogen-bond donors (Lipinski definition) is 1. The van der Waals surface area contributed by atoms with Gasteiger partial charge in [0.1, 0.15) is 9.34 Å². The van der Waals surface area contributed by atoms with Crippen LogP contribution in [0.1, 0.15) is 17.5 Å². The molecule has 2 rings (SSSR count). The van der Waals surface area contributed by atoms with Crippen molar-refractivity contribution >= 4 is 22.9 Å². The molecule has 0 bridgehead atoms. The van der Waals surface area contributed by atoms with Gasteiger partial charge in [-0.1, -0.05) is 11.6 Å². The summed E-state index contributed by atoms with van der Waals surface area (Å²) in [6.45, 7) is 1.04. The van der Waals surface area contributed by atoms with Crippen LogP contribution in [-0.4, -0.2) is 29.5 Å². The number of hydrogen-bond acceptors (Lipinski definition) is 4. The van der Waals surface area contributed by atoms with Crippen LogP contribution in [0.2, 0.25) is 4.34 Å². The molecule has 0 amide bonds. The number of rotatable bonds is 1. The minimum atomic E-state index is 0.201. The second-order valence-corrected chi connectivity index (χ2v) is 5.07. The maximum atomic E-state index is 5.99. The fourth-order valence-electron chi connectivity index (χ4n) is 1.75. The Morgan fingerprint density at radius 1 is 1.77 bits per heavy atom. The first-order chi connectivity index (χ1) is 6.18. The summed E-state index contributed by atoms with van der Waals surface area (Å²) in [5, 5.41) is 1.04. The van der Waals surface area contributed by atoms with E-state index < -0.39 is 0 Å². The molecule has 0 aromatic carbocycles. The van der Waals surface area contributed by atoms with Gasteiger partial charge < -0.3 is 5.73 Å². The Morgan fingerprint density at radius 2 is 2.54 bits per heavy atom. The Balaban J connectivity index is 2.24. The van der Waals surface area contributed by atoms with E-state index >= 15 is 0 Å². The number of likely N-dealkylation sites (N-methyl/N-ethyl adjacent to an activating group) is 1. The number of nitrogens with two attached hydrogens (primary N) is 1. The minimum Gasteiger partial charge on any atom is -0.326 e. The van der Waals surface area contributed by atoms with Gasteiger partial charge in [0.25, 0.3) is 0 Å². The summed E-state index contributed by atoms with van der Waals surface area (Å²) >= 11 is 7.36. The topological polar surface area (TPSA) is 42.1 Å². The number of thiazole rings is 1. The normalized spacial score (nSPS) is 29.8. The molecule has 2 N–H and O–H groups in total. The molecule has 1 saturated heterocycles. The Morgan fingerprint density at radius 3 is 3.00 bits per heavy atom. The minimum absolute atomic E-state index is 0.201. The van der Waals surface area contributed by atoms with Crippen molar-refractivity contribution in [3.05, 3.63) is 15.5 Å². The van der Waals surface area contributed by atoms with Crippen LogP contribution in [-0.2, 0) is 0 Å². The van der Waals surface area contributed by atoms with E-state index in [0.29, 0.717) is 0 Å². The Bertz CT molecular complexity index is 291.